The largest absolute Gasteiger partial charge is 0.494 e. The summed E-state index contributed by atoms with van der Waals surface area (Å²) in [7, 11) is 0. The summed E-state index contributed by atoms with van der Waals surface area (Å²) >= 11 is 0. The van der Waals surface area contributed by atoms with Crippen molar-refractivity contribution >= 4 is 12.0 Å². The quantitative estimate of drug-likeness (QED) is 0.618. The van der Waals surface area contributed by atoms with Crippen molar-refractivity contribution in [2.45, 2.75) is 20.3 Å². The Bertz CT molecular complexity index is 550. The van der Waals surface area contributed by atoms with Crippen LogP contribution in [0.3, 0.4) is 0 Å². The molecule has 110 valence electrons. The molecule has 0 atom stereocenters. The molecule has 1 heterocycles. The molecule has 2 rings (SSSR count). The number of hydrogen-bond donors (Lipinski definition) is 1. The molecular formula is C17H21N3O. The highest BCUT2D eigenvalue weighted by atomic mass is 16.5. The number of pyridine rings is 1. The third-order valence-electron chi connectivity index (χ3n) is 2.90. The highest BCUT2D eigenvalue weighted by Gasteiger charge is 1.97. The average Bonchev–Trinajstić information content (AvgIpc) is 2.50. The molecule has 0 saturated carbocycles. The van der Waals surface area contributed by atoms with Gasteiger partial charge in [-0.15, -0.1) is 0 Å². The number of anilines is 1. The Kier molecular flexibility index (Phi) is 5.76. The molecule has 4 heteroatoms. The van der Waals surface area contributed by atoms with Crippen LogP contribution in [0.15, 0.2) is 53.8 Å². The lowest BCUT2D eigenvalue weighted by atomic mass is 10.1. The summed E-state index contributed by atoms with van der Waals surface area (Å²) in [5.74, 6) is 2.28. The molecule has 0 aliphatic heterocycles. The zero-order valence-corrected chi connectivity index (χ0v) is 12.5. The third kappa shape index (κ3) is 5.65. The minimum Gasteiger partial charge on any atom is -0.494 e. The van der Waals surface area contributed by atoms with Crippen LogP contribution in [0.4, 0.5) is 5.82 Å². The van der Waals surface area contributed by atoms with Crippen LogP contribution in [0.2, 0.25) is 0 Å². The SMILES string of the molecule is CC(C)CCOc1ccc(/C=N\Nc2ccccn2)cc1. The average molecular weight is 283 g/mol. The first kappa shape index (κ1) is 15.0. The molecule has 0 spiro atoms. The predicted octanol–water partition coefficient (Wildman–Crippen LogP) is 3.95. The van der Waals surface area contributed by atoms with Gasteiger partial charge < -0.3 is 4.74 Å². The Morgan fingerprint density at radius 2 is 2.00 bits per heavy atom. The zero-order valence-electron chi connectivity index (χ0n) is 12.5. The van der Waals surface area contributed by atoms with E-state index in [1.165, 1.54) is 0 Å². The maximum atomic E-state index is 5.68. The maximum absolute atomic E-state index is 5.68. The number of nitrogens with zero attached hydrogens (tertiary/aromatic N) is 2. The molecule has 1 N–H and O–H groups in total. The fourth-order valence-electron chi connectivity index (χ4n) is 1.66. The van der Waals surface area contributed by atoms with Crippen LogP contribution in [0.1, 0.15) is 25.8 Å². The van der Waals surface area contributed by atoms with E-state index in [9.17, 15) is 0 Å². The van der Waals surface area contributed by atoms with E-state index in [0.717, 1.165) is 30.2 Å². The van der Waals surface area contributed by atoms with Gasteiger partial charge in [0, 0.05) is 6.20 Å². The first-order valence-corrected chi connectivity index (χ1v) is 7.17. The van der Waals surface area contributed by atoms with E-state index in [0.29, 0.717) is 5.92 Å². The lowest BCUT2D eigenvalue weighted by Crippen LogP contribution is -2.01. The summed E-state index contributed by atoms with van der Waals surface area (Å²) in [5.41, 5.74) is 3.89. The molecule has 21 heavy (non-hydrogen) atoms. The third-order valence-corrected chi connectivity index (χ3v) is 2.90. The monoisotopic (exact) mass is 283 g/mol. The fourth-order valence-corrected chi connectivity index (χ4v) is 1.66. The van der Waals surface area contributed by atoms with Crippen molar-refractivity contribution in [3.63, 3.8) is 0 Å². The summed E-state index contributed by atoms with van der Waals surface area (Å²) in [6, 6.07) is 13.5. The molecule has 0 radical (unpaired) electrons. The molecule has 0 unspecified atom stereocenters. The van der Waals surface area contributed by atoms with E-state index in [1.807, 2.05) is 42.5 Å². The molecule has 0 amide bonds. The molecule has 0 aliphatic rings. The number of hydrazone groups is 1. The van der Waals surface area contributed by atoms with Gasteiger partial charge in [-0.2, -0.15) is 5.10 Å². The van der Waals surface area contributed by atoms with Crippen molar-refractivity contribution in [2.75, 3.05) is 12.0 Å². The predicted molar refractivity (Wildman–Crippen MR) is 86.8 cm³/mol. The molecule has 0 bridgehead atoms. The molecular weight excluding hydrogens is 262 g/mol. The van der Waals surface area contributed by atoms with E-state index in [2.05, 4.69) is 29.4 Å². The minimum atomic E-state index is 0.661. The van der Waals surface area contributed by atoms with Gasteiger partial charge in [-0.25, -0.2) is 4.98 Å². The lowest BCUT2D eigenvalue weighted by Gasteiger charge is -2.07. The zero-order chi connectivity index (χ0) is 14.9. The Morgan fingerprint density at radius 1 is 1.19 bits per heavy atom. The maximum Gasteiger partial charge on any atom is 0.146 e. The van der Waals surface area contributed by atoms with Crippen molar-refractivity contribution < 1.29 is 4.74 Å². The first-order chi connectivity index (χ1) is 10.2. The summed E-state index contributed by atoms with van der Waals surface area (Å²) in [5, 5.41) is 4.15. The fraction of sp³-hybridized carbons (Fsp3) is 0.294. The second kappa shape index (κ2) is 8.04. The van der Waals surface area contributed by atoms with Crippen LogP contribution in [0.5, 0.6) is 5.75 Å². The number of rotatable bonds is 7. The molecule has 1 aromatic heterocycles. The molecule has 0 fully saturated rings. The van der Waals surface area contributed by atoms with Crippen LogP contribution < -0.4 is 10.2 Å². The van der Waals surface area contributed by atoms with Crippen LogP contribution in [-0.4, -0.2) is 17.8 Å². The van der Waals surface area contributed by atoms with Crippen LogP contribution in [0, 0.1) is 5.92 Å². The van der Waals surface area contributed by atoms with Crippen molar-refractivity contribution in [2.24, 2.45) is 11.0 Å². The summed E-state index contributed by atoms with van der Waals surface area (Å²) in [6.07, 6.45) is 4.55. The van der Waals surface area contributed by atoms with Gasteiger partial charge in [-0.3, -0.25) is 5.43 Å². The molecule has 0 saturated heterocycles. The lowest BCUT2D eigenvalue weighted by molar-refractivity contribution is 0.289. The Hall–Kier alpha value is -2.36. The van der Waals surface area contributed by atoms with Crippen molar-refractivity contribution in [1.29, 1.82) is 0 Å². The Morgan fingerprint density at radius 3 is 2.67 bits per heavy atom. The van der Waals surface area contributed by atoms with Gasteiger partial charge in [0.15, 0.2) is 0 Å². The van der Waals surface area contributed by atoms with Crippen LogP contribution >= 0.6 is 0 Å². The van der Waals surface area contributed by atoms with Crippen molar-refractivity contribution in [3.05, 3.63) is 54.2 Å². The number of ether oxygens (including phenoxy) is 1. The van der Waals surface area contributed by atoms with E-state index >= 15 is 0 Å². The van der Waals surface area contributed by atoms with Gasteiger partial charge >= 0.3 is 0 Å². The van der Waals surface area contributed by atoms with E-state index in [1.54, 1.807) is 12.4 Å². The smallest absolute Gasteiger partial charge is 0.146 e. The molecule has 2 aromatic rings. The molecule has 0 aliphatic carbocycles. The van der Waals surface area contributed by atoms with Gasteiger partial charge in [-0.1, -0.05) is 19.9 Å². The van der Waals surface area contributed by atoms with Gasteiger partial charge in [0.25, 0.3) is 0 Å². The van der Waals surface area contributed by atoms with Crippen molar-refractivity contribution in [3.8, 4) is 5.75 Å². The van der Waals surface area contributed by atoms with E-state index in [-0.39, 0.29) is 0 Å². The van der Waals surface area contributed by atoms with Crippen LogP contribution in [-0.2, 0) is 0 Å². The number of benzene rings is 1. The topological polar surface area (TPSA) is 46.5 Å². The summed E-state index contributed by atoms with van der Waals surface area (Å²) in [6.45, 7) is 5.14. The highest BCUT2D eigenvalue weighted by Crippen LogP contribution is 2.12. The molecule has 1 aromatic carbocycles. The number of hydrogen-bond acceptors (Lipinski definition) is 4. The summed E-state index contributed by atoms with van der Waals surface area (Å²) in [4.78, 5) is 4.13. The van der Waals surface area contributed by atoms with Gasteiger partial charge in [0.05, 0.1) is 12.8 Å². The highest BCUT2D eigenvalue weighted by molar-refractivity contribution is 5.80. The standard InChI is InChI=1S/C17H21N3O/c1-14(2)10-12-21-16-8-6-15(7-9-16)13-19-20-17-5-3-4-11-18-17/h3-9,11,13-14H,10,12H2,1-2H3,(H,18,20)/b19-13-. The summed E-state index contributed by atoms with van der Waals surface area (Å²) < 4.78 is 5.68. The van der Waals surface area contributed by atoms with Gasteiger partial charge in [-0.05, 0) is 54.3 Å². The molecule has 4 nitrogen and oxygen atoms in total. The minimum absolute atomic E-state index is 0.661. The van der Waals surface area contributed by atoms with E-state index < -0.39 is 0 Å². The Balaban J connectivity index is 1.82. The normalized spacial score (nSPS) is 11.0. The van der Waals surface area contributed by atoms with Crippen LogP contribution in [0.25, 0.3) is 0 Å². The second-order valence-corrected chi connectivity index (χ2v) is 5.18. The van der Waals surface area contributed by atoms with Crippen molar-refractivity contribution in [1.82, 2.24) is 4.98 Å². The second-order valence-electron chi connectivity index (χ2n) is 5.18. The van der Waals surface area contributed by atoms with Gasteiger partial charge in [0.2, 0.25) is 0 Å². The number of nitrogens with one attached hydrogen (secondary N) is 1. The van der Waals surface area contributed by atoms with E-state index in [4.69, 9.17) is 4.74 Å². The first-order valence-electron chi connectivity index (χ1n) is 7.17. The van der Waals surface area contributed by atoms with Gasteiger partial charge in [0.1, 0.15) is 11.6 Å². The number of aromatic nitrogens is 1. The Labute approximate surface area is 125 Å².